The average Bonchev–Trinajstić information content (AvgIpc) is 2.41. The van der Waals surface area contributed by atoms with E-state index in [-0.39, 0.29) is 11.7 Å². The van der Waals surface area contributed by atoms with Crippen molar-refractivity contribution in [2.45, 2.75) is 25.3 Å². The van der Waals surface area contributed by atoms with Crippen LogP contribution in [0.3, 0.4) is 0 Å². The zero-order valence-electron chi connectivity index (χ0n) is 11.1. The molecule has 1 aromatic carbocycles. The van der Waals surface area contributed by atoms with Crippen LogP contribution in [0.25, 0.3) is 0 Å². The van der Waals surface area contributed by atoms with E-state index < -0.39 is 6.04 Å². The quantitative estimate of drug-likeness (QED) is 0.862. The number of methoxy groups -OCH3 is 1. The Morgan fingerprint density at radius 2 is 2.05 bits per heavy atom. The molecule has 1 aromatic rings. The predicted molar refractivity (Wildman–Crippen MR) is 72.0 cm³/mol. The minimum atomic E-state index is -0.449. The lowest BCUT2D eigenvalue weighted by atomic mass is 10.0. The summed E-state index contributed by atoms with van der Waals surface area (Å²) in [5.41, 5.74) is 6.31. The van der Waals surface area contributed by atoms with E-state index in [0.717, 1.165) is 31.5 Å². The molecule has 1 aliphatic rings. The third kappa shape index (κ3) is 2.98. The highest BCUT2D eigenvalue weighted by Gasteiger charge is 2.27. The van der Waals surface area contributed by atoms with Gasteiger partial charge in [0.15, 0.2) is 11.5 Å². The third-order valence-electron chi connectivity index (χ3n) is 3.54. The first-order chi connectivity index (χ1) is 9.13. The molecule has 1 heterocycles. The molecule has 5 heteroatoms. The summed E-state index contributed by atoms with van der Waals surface area (Å²) in [4.78, 5) is 13.9. The van der Waals surface area contributed by atoms with Gasteiger partial charge in [-0.3, -0.25) is 9.69 Å². The Labute approximate surface area is 113 Å². The molecule has 1 atom stereocenters. The highest BCUT2D eigenvalue weighted by atomic mass is 16.5. The largest absolute Gasteiger partial charge is 0.504 e. The maximum atomic E-state index is 11.8. The van der Waals surface area contributed by atoms with Gasteiger partial charge in [-0.25, -0.2) is 0 Å². The van der Waals surface area contributed by atoms with E-state index in [9.17, 15) is 9.90 Å². The van der Waals surface area contributed by atoms with Crippen molar-refractivity contribution in [2.24, 2.45) is 5.73 Å². The number of nitrogens with two attached hydrogens (primary N) is 1. The third-order valence-corrected chi connectivity index (χ3v) is 3.54. The highest BCUT2D eigenvalue weighted by Crippen LogP contribution is 2.32. The molecule has 3 N–H and O–H groups in total. The first kappa shape index (κ1) is 13.7. The van der Waals surface area contributed by atoms with E-state index in [1.54, 1.807) is 12.1 Å². The lowest BCUT2D eigenvalue weighted by Crippen LogP contribution is -2.40. The fourth-order valence-corrected chi connectivity index (χ4v) is 2.60. The number of piperidine rings is 1. The van der Waals surface area contributed by atoms with E-state index in [4.69, 9.17) is 10.5 Å². The minimum Gasteiger partial charge on any atom is -0.504 e. The molecule has 1 aliphatic heterocycles. The van der Waals surface area contributed by atoms with Crippen molar-refractivity contribution in [3.63, 3.8) is 0 Å². The topological polar surface area (TPSA) is 75.8 Å². The number of amides is 1. The Bertz CT molecular complexity index is 456. The molecular formula is C14H20N2O3. The molecule has 1 saturated heterocycles. The predicted octanol–water partition coefficient (Wildman–Crippen LogP) is 1.41. The Kier molecular flexibility index (Phi) is 4.27. The fraction of sp³-hybridized carbons (Fsp3) is 0.500. The number of aromatic hydroxyl groups is 1. The number of phenolic OH excluding ortho intramolecular Hbond substituents is 1. The van der Waals surface area contributed by atoms with E-state index in [1.807, 2.05) is 0 Å². The number of nitrogens with zero attached hydrogens (tertiary/aromatic N) is 1. The van der Waals surface area contributed by atoms with Crippen LogP contribution >= 0.6 is 0 Å². The maximum absolute atomic E-state index is 11.8. The molecule has 5 nitrogen and oxygen atoms in total. The summed E-state index contributed by atoms with van der Waals surface area (Å²) in [5, 5.41) is 9.61. The SMILES string of the molecule is COc1cc(C(C(N)=O)N2CCCCC2)ccc1O. The number of ether oxygens (including phenoxy) is 1. The summed E-state index contributed by atoms with van der Waals surface area (Å²) in [5.74, 6) is 0.0588. The Balaban J connectivity index is 2.30. The van der Waals surface area contributed by atoms with Crippen molar-refractivity contribution in [3.8, 4) is 11.5 Å². The van der Waals surface area contributed by atoms with E-state index in [2.05, 4.69) is 4.90 Å². The second-order valence-electron chi connectivity index (χ2n) is 4.83. The molecule has 0 radical (unpaired) electrons. The van der Waals surface area contributed by atoms with E-state index in [1.165, 1.54) is 19.6 Å². The fourth-order valence-electron chi connectivity index (χ4n) is 2.60. The molecule has 0 aliphatic carbocycles. The molecule has 0 aromatic heterocycles. The number of carbonyl (C=O) groups excluding carboxylic acids is 1. The molecule has 2 rings (SSSR count). The zero-order chi connectivity index (χ0) is 13.8. The summed E-state index contributed by atoms with van der Waals surface area (Å²) in [6.45, 7) is 1.74. The van der Waals surface area contributed by atoms with Gasteiger partial charge in [-0.2, -0.15) is 0 Å². The van der Waals surface area contributed by atoms with Crippen LogP contribution < -0.4 is 10.5 Å². The number of phenols is 1. The standard InChI is InChI=1S/C14H20N2O3/c1-19-12-9-10(5-6-11(12)17)13(14(15)18)16-7-3-2-4-8-16/h5-6,9,13,17H,2-4,7-8H2,1H3,(H2,15,18). The van der Waals surface area contributed by atoms with Gasteiger partial charge in [-0.1, -0.05) is 12.5 Å². The maximum Gasteiger partial charge on any atom is 0.239 e. The van der Waals surface area contributed by atoms with Crippen LogP contribution in [0.1, 0.15) is 30.9 Å². The van der Waals surface area contributed by atoms with Gasteiger partial charge in [0.2, 0.25) is 5.91 Å². The summed E-state index contributed by atoms with van der Waals surface area (Å²) in [7, 11) is 1.49. The van der Waals surface area contributed by atoms with Gasteiger partial charge in [-0.05, 0) is 43.6 Å². The Hall–Kier alpha value is -1.75. The monoisotopic (exact) mass is 264 g/mol. The number of primary amides is 1. The second kappa shape index (κ2) is 5.93. The second-order valence-corrected chi connectivity index (χ2v) is 4.83. The lowest BCUT2D eigenvalue weighted by molar-refractivity contribution is -0.123. The molecule has 1 unspecified atom stereocenters. The molecule has 1 amide bonds. The van der Waals surface area contributed by atoms with Gasteiger partial charge in [-0.15, -0.1) is 0 Å². The van der Waals surface area contributed by atoms with E-state index in [0.29, 0.717) is 5.75 Å². The van der Waals surface area contributed by atoms with Crippen molar-refractivity contribution >= 4 is 5.91 Å². The van der Waals surface area contributed by atoms with Gasteiger partial charge in [0.05, 0.1) is 7.11 Å². The smallest absolute Gasteiger partial charge is 0.239 e. The van der Waals surface area contributed by atoms with Gasteiger partial charge >= 0.3 is 0 Å². The molecule has 0 bridgehead atoms. The van der Waals surface area contributed by atoms with Crippen LogP contribution in [0.2, 0.25) is 0 Å². The van der Waals surface area contributed by atoms with Crippen molar-refractivity contribution in [3.05, 3.63) is 23.8 Å². The number of likely N-dealkylation sites (tertiary alicyclic amines) is 1. The number of hydrogen-bond donors (Lipinski definition) is 2. The summed E-state index contributed by atoms with van der Waals surface area (Å²) in [6, 6.07) is 4.49. The molecular weight excluding hydrogens is 244 g/mol. The average molecular weight is 264 g/mol. The normalized spacial score (nSPS) is 17.9. The molecule has 19 heavy (non-hydrogen) atoms. The number of hydrogen-bond acceptors (Lipinski definition) is 4. The lowest BCUT2D eigenvalue weighted by Gasteiger charge is -2.33. The minimum absolute atomic E-state index is 0.0631. The molecule has 1 fully saturated rings. The van der Waals surface area contributed by atoms with Crippen LogP contribution in [0, 0.1) is 0 Å². The first-order valence-electron chi connectivity index (χ1n) is 6.53. The van der Waals surface area contributed by atoms with Crippen molar-refractivity contribution in [2.75, 3.05) is 20.2 Å². The molecule has 0 spiro atoms. The molecule has 104 valence electrons. The van der Waals surface area contributed by atoms with Crippen molar-refractivity contribution in [1.82, 2.24) is 4.90 Å². The van der Waals surface area contributed by atoms with Crippen LogP contribution in [-0.4, -0.2) is 36.1 Å². The van der Waals surface area contributed by atoms with Gasteiger partial charge in [0.25, 0.3) is 0 Å². The van der Waals surface area contributed by atoms with Crippen molar-refractivity contribution < 1.29 is 14.6 Å². The number of carbonyl (C=O) groups is 1. The highest BCUT2D eigenvalue weighted by molar-refractivity contribution is 5.81. The number of benzene rings is 1. The summed E-state index contributed by atoms with van der Waals surface area (Å²) in [6.07, 6.45) is 3.36. The number of rotatable bonds is 4. The van der Waals surface area contributed by atoms with Crippen LogP contribution in [0.5, 0.6) is 11.5 Å². The van der Waals surface area contributed by atoms with E-state index >= 15 is 0 Å². The van der Waals surface area contributed by atoms with Crippen LogP contribution in [0.15, 0.2) is 18.2 Å². The van der Waals surface area contributed by atoms with Crippen LogP contribution in [0.4, 0.5) is 0 Å². The van der Waals surface area contributed by atoms with Gasteiger partial charge < -0.3 is 15.6 Å². The Morgan fingerprint density at radius 3 is 2.63 bits per heavy atom. The van der Waals surface area contributed by atoms with Crippen LogP contribution in [-0.2, 0) is 4.79 Å². The first-order valence-corrected chi connectivity index (χ1v) is 6.53. The summed E-state index contributed by atoms with van der Waals surface area (Å²) < 4.78 is 5.08. The van der Waals surface area contributed by atoms with Gasteiger partial charge in [0.1, 0.15) is 6.04 Å². The van der Waals surface area contributed by atoms with Crippen molar-refractivity contribution in [1.29, 1.82) is 0 Å². The Morgan fingerprint density at radius 1 is 1.37 bits per heavy atom. The zero-order valence-corrected chi connectivity index (χ0v) is 11.1. The molecule has 0 saturated carbocycles. The van der Waals surface area contributed by atoms with Gasteiger partial charge in [0, 0.05) is 0 Å². The summed E-state index contributed by atoms with van der Waals surface area (Å²) >= 11 is 0.